The highest BCUT2D eigenvalue weighted by atomic mass is 19.1. The van der Waals surface area contributed by atoms with Gasteiger partial charge in [-0.2, -0.15) is 0 Å². The van der Waals surface area contributed by atoms with Crippen molar-refractivity contribution in [1.82, 2.24) is 10.2 Å². The molecular weight excluding hydrogens is 399 g/mol. The van der Waals surface area contributed by atoms with Crippen LogP contribution in [0.2, 0.25) is 0 Å². The van der Waals surface area contributed by atoms with Crippen LogP contribution in [0.4, 0.5) is 4.39 Å². The third-order valence-corrected chi connectivity index (χ3v) is 6.17. The summed E-state index contributed by atoms with van der Waals surface area (Å²) < 4.78 is 24.0. The van der Waals surface area contributed by atoms with Crippen LogP contribution in [0.25, 0.3) is 0 Å². The van der Waals surface area contributed by atoms with Gasteiger partial charge in [-0.05, 0) is 54.7 Å². The molecule has 2 amide bonds. The van der Waals surface area contributed by atoms with Crippen molar-refractivity contribution in [3.8, 4) is 5.75 Å². The number of carbonyl (C=O) groups is 2. The van der Waals surface area contributed by atoms with Crippen LogP contribution in [0.3, 0.4) is 0 Å². The van der Waals surface area contributed by atoms with Gasteiger partial charge in [0.05, 0.1) is 20.3 Å². The van der Waals surface area contributed by atoms with E-state index in [0.29, 0.717) is 50.5 Å². The molecule has 0 unspecified atom stereocenters. The Morgan fingerprint density at radius 1 is 1.10 bits per heavy atom. The molecule has 2 aromatic carbocycles. The lowest BCUT2D eigenvalue weighted by molar-refractivity contribution is -0.140. The van der Waals surface area contributed by atoms with Crippen molar-refractivity contribution < 1.29 is 23.5 Å². The van der Waals surface area contributed by atoms with Gasteiger partial charge in [-0.25, -0.2) is 4.39 Å². The van der Waals surface area contributed by atoms with E-state index in [1.54, 1.807) is 43.5 Å². The Hall–Kier alpha value is -2.93. The molecule has 1 N–H and O–H groups in total. The van der Waals surface area contributed by atoms with Crippen LogP contribution in [-0.4, -0.2) is 56.2 Å². The molecule has 31 heavy (non-hydrogen) atoms. The number of ether oxygens (including phenoxy) is 2. The average molecular weight is 426 g/mol. The third-order valence-electron chi connectivity index (χ3n) is 6.17. The summed E-state index contributed by atoms with van der Waals surface area (Å²) in [6.45, 7) is 2.23. The molecule has 1 aliphatic heterocycles. The number of nitrogens with one attached hydrogen (secondary N) is 1. The molecule has 1 aliphatic carbocycles. The van der Waals surface area contributed by atoms with Gasteiger partial charge in [-0.1, -0.05) is 18.2 Å². The van der Waals surface area contributed by atoms with Gasteiger partial charge in [0.25, 0.3) is 5.91 Å². The Labute approximate surface area is 181 Å². The molecule has 3 atom stereocenters. The molecule has 1 heterocycles. The Morgan fingerprint density at radius 2 is 1.84 bits per heavy atom. The van der Waals surface area contributed by atoms with E-state index in [9.17, 15) is 14.0 Å². The van der Waals surface area contributed by atoms with Crippen LogP contribution >= 0.6 is 0 Å². The standard InChI is InChI=1S/C24H27FN2O4/c1-30-20-4-2-3-17(13-20)23(28)26-19-14-21(16-5-7-18(25)8-6-16)22(15-19)24(29)27-9-11-31-12-10-27/h2-8,13,19,21-22H,9-12,14-15H2,1H3,(H,26,28)/t19-,21+,22-/m0/s1. The minimum absolute atomic E-state index is 0.0773. The van der Waals surface area contributed by atoms with Crippen molar-refractivity contribution in [3.63, 3.8) is 0 Å². The minimum atomic E-state index is -0.305. The lowest BCUT2D eigenvalue weighted by atomic mass is 9.88. The smallest absolute Gasteiger partial charge is 0.251 e. The van der Waals surface area contributed by atoms with E-state index in [1.807, 2.05) is 4.90 Å². The van der Waals surface area contributed by atoms with Crippen LogP contribution in [0.1, 0.15) is 34.7 Å². The van der Waals surface area contributed by atoms with Gasteiger partial charge in [0.2, 0.25) is 5.91 Å². The molecule has 1 saturated carbocycles. The van der Waals surface area contributed by atoms with Crippen molar-refractivity contribution in [2.45, 2.75) is 24.8 Å². The SMILES string of the molecule is COc1cccc(C(=O)N[C@@H]2C[C@H](C(=O)N3CCOCC3)[C@@H](c3ccc(F)cc3)C2)c1. The van der Waals surface area contributed by atoms with Gasteiger partial charge >= 0.3 is 0 Å². The highest BCUT2D eigenvalue weighted by Crippen LogP contribution is 2.41. The predicted octanol–water partition coefficient (Wildman–Crippen LogP) is 2.99. The van der Waals surface area contributed by atoms with Gasteiger partial charge in [0.15, 0.2) is 0 Å². The lowest BCUT2D eigenvalue weighted by Gasteiger charge is -2.31. The summed E-state index contributed by atoms with van der Waals surface area (Å²) in [7, 11) is 1.56. The van der Waals surface area contributed by atoms with Crippen LogP contribution in [0.5, 0.6) is 5.75 Å². The van der Waals surface area contributed by atoms with E-state index >= 15 is 0 Å². The Bertz CT molecular complexity index is 927. The number of hydrogen-bond acceptors (Lipinski definition) is 4. The van der Waals surface area contributed by atoms with Crippen molar-refractivity contribution in [3.05, 3.63) is 65.5 Å². The van der Waals surface area contributed by atoms with Crippen LogP contribution in [0.15, 0.2) is 48.5 Å². The number of hydrogen-bond donors (Lipinski definition) is 1. The van der Waals surface area contributed by atoms with Gasteiger partial charge in [-0.3, -0.25) is 9.59 Å². The second-order valence-corrected chi connectivity index (χ2v) is 8.08. The number of rotatable bonds is 5. The lowest BCUT2D eigenvalue weighted by Crippen LogP contribution is -2.44. The summed E-state index contributed by atoms with van der Waals surface area (Å²) in [4.78, 5) is 28.0. The topological polar surface area (TPSA) is 67.9 Å². The maximum Gasteiger partial charge on any atom is 0.251 e. The fraction of sp³-hybridized carbons (Fsp3) is 0.417. The first-order valence-electron chi connectivity index (χ1n) is 10.6. The Morgan fingerprint density at radius 3 is 2.55 bits per heavy atom. The third kappa shape index (κ3) is 4.88. The first-order valence-corrected chi connectivity index (χ1v) is 10.6. The number of nitrogens with zero attached hydrogens (tertiary/aromatic N) is 1. The van der Waals surface area contributed by atoms with Gasteiger partial charge in [0.1, 0.15) is 11.6 Å². The van der Waals surface area contributed by atoms with Crippen molar-refractivity contribution in [2.24, 2.45) is 5.92 Å². The number of amides is 2. The molecule has 0 radical (unpaired) electrons. The maximum absolute atomic E-state index is 13.5. The summed E-state index contributed by atoms with van der Waals surface area (Å²) in [6.07, 6.45) is 1.18. The molecule has 6 nitrogen and oxygen atoms in total. The largest absolute Gasteiger partial charge is 0.497 e. The molecule has 164 valence electrons. The van der Waals surface area contributed by atoms with E-state index in [-0.39, 0.29) is 35.5 Å². The molecule has 0 spiro atoms. The zero-order valence-corrected chi connectivity index (χ0v) is 17.6. The zero-order valence-electron chi connectivity index (χ0n) is 17.6. The number of morpholine rings is 1. The van der Waals surface area contributed by atoms with Gasteiger partial charge in [0, 0.05) is 30.6 Å². The molecule has 0 bridgehead atoms. The summed E-state index contributed by atoms with van der Waals surface area (Å²) in [5.41, 5.74) is 1.44. The highest BCUT2D eigenvalue weighted by molar-refractivity contribution is 5.95. The van der Waals surface area contributed by atoms with E-state index in [0.717, 1.165) is 5.56 Å². The summed E-state index contributed by atoms with van der Waals surface area (Å²) >= 11 is 0. The molecule has 2 aromatic rings. The fourth-order valence-electron chi connectivity index (χ4n) is 4.56. The first-order chi connectivity index (χ1) is 15.0. The molecule has 0 aromatic heterocycles. The highest BCUT2D eigenvalue weighted by Gasteiger charge is 2.42. The normalized spacial score (nSPS) is 23.4. The summed E-state index contributed by atoms with van der Waals surface area (Å²) in [5, 5.41) is 3.08. The first kappa shape index (κ1) is 21.3. The Balaban J connectivity index is 1.52. The predicted molar refractivity (Wildman–Crippen MR) is 114 cm³/mol. The second kappa shape index (κ2) is 9.47. The van der Waals surface area contributed by atoms with Crippen molar-refractivity contribution in [2.75, 3.05) is 33.4 Å². The molecule has 7 heteroatoms. The van der Waals surface area contributed by atoms with Crippen LogP contribution < -0.4 is 10.1 Å². The van der Waals surface area contributed by atoms with Gasteiger partial charge < -0.3 is 19.7 Å². The van der Waals surface area contributed by atoms with E-state index < -0.39 is 0 Å². The number of carbonyl (C=O) groups excluding carboxylic acids is 2. The van der Waals surface area contributed by atoms with Gasteiger partial charge in [-0.15, -0.1) is 0 Å². The summed E-state index contributed by atoms with van der Waals surface area (Å²) in [5.74, 6) is -0.146. The van der Waals surface area contributed by atoms with E-state index in [4.69, 9.17) is 9.47 Å². The van der Waals surface area contributed by atoms with E-state index in [2.05, 4.69) is 5.32 Å². The molecule has 4 rings (SSSR count). The maximum atomic E-state index is 13.5. The quantitative estimate of drug-likeness (QED) is 0.798. The molecule has 2 fully saturated rings. The Kier molecular flexibility index (Phi) is 6.51. The van der Waals surface area contributed by atoms with Crippen LogP contribution in [-0.2, 0) is 9.53 Å². The minimum Gasteiger partial charge on any atom is -0.497 e. The van der Waals surface area contributed by atoms with Crippen molar-refractivity contribution >= 4 is 11.8 Å². The van der Waals surface area contributed by atoms with Crippen molar-refractivity contribution in [1.29, 1.82) is 0 Å². The number of methoxy groups -OCH3 is 1. The fourth-order valence-corrected chi connectivity index (χ4v) is 4.56. The monoisotopic (exact) mass is 426 g/mol. The average Bonchev–Trinajstić information content (AvgIpc) is 3.23. The number of halogens is 1. The molecule has 1 saturated heterocycles. The van der Waals surface area contributed by atoms with Crippen LogP contribution in [0, 0.1) is 11.7 Å². The zero-order chi connectivity index (χ0) is 21.8. The molecular formula is C24H27FN2O4. The van der Waals surface area contributed by atoms with E-state index in [1.165, 1.54) is 12.1 Å². The summed E-state index contributed by atoms with van der Waals surface area (Å²) in [6, 6.07) is 13.2. The molecule has 2 aliphatic rings. The second-order valence-electron chi connectivity index (χ2n) is 8.08. The number of benzene rings is 2.